The highest BCUT2D eigenvalue weighted by molar-refractivity contribution is 5.77. The van der Waals surface area contributed by atoms with E-state index in [0.717, 1.165) is 42.7 Å². The van der Waals surface area contributed by atoms with Gasteiger partial charge in [-0.2, -0.15) is 5.26 Å². The molecule has 0 aromatic carbocycles. The van der Waals surface area contributed by atoms with Crippen LogP contribution in [0.2, 0.25) is 0 Å². The van der Waals surface area contributed by atoms with Gasteiger partial charge in [0.2, 0.25) is 0 Å². The van der Waals surface area contributed by atoms with Gasteiger partial charge < -0.3 is 14.6 Å². The van der Waals surface area contributed by atoms with E-state index in [0.29, 0.717) is 6.04 Å². The third-order valence-corrected chi connectivity index (χ3v) is 5.06. The van der Waals surface area contributed by atoms with Crippen LogP contribution in [0, 0.1) is 11.3 Å². The molecule has 118 valence electrons. The van der Waals surface area contributed by atoms with Crippen molar-refractivity contribution in [2.75, 3.05) is 20.1 Å². The minimum Gasteiger partial charge on any atom is -0.332 e. The molecule has 0 spiro atoms. The monoisotopic (exact) mass is 309 g/mol. The molecule has 0 radical (unpaired) electrons. The molecule has 0 bridgehead atoms. The van der Waals surface area contributed by atoms with Gasteiger partial charge in [0.1, 0.15) is 6.07 Å². The number of piperidine rings is 1. The Kier molecular flexibility index (Phi) is 3.24. The topological polar surface area (TPSA) is 63.8 Å². The Morgan fingerprint density at radius 1 is 1.43 bits per heavy atom. The van der Waals surface area contributed by atoms with Crippen LogP contribution in [0.4, 0.5) is 4.79 Å². The molecule has 1 N–H and O–H groups in total. The summed E-state index contributed by atoms with van der Waals surface area (Å²) in [5, 5.41) is 12.6. The number of hydrogen-bond donors (Lipinski definition) is 1. The van der Waals surface area contributed by atoms with E-state index in [-0.39, 0.29) is 12.1 Å². The van der Waals surface area contributed by atoms with Gasteiger partial charge in [-0.25, -0.2) is 4.79 Å². The number of nitrogens with zero attached hydrogens (tertiary/aromatic N) is 4. The average molecular weight is 309 g/mol. The number of aromatic nitrogens is 1. The Labute approximate surface area is 134 Å². The molecular formula is C17H19N5O. The fraction of sp³-hybridized carbons (Fsp3) is 0.412. The number of likely N-dealkylation sites (tertiary alicyclic amines) is 1. The van der Waals surface area contributed by atoms with Gasteiger partial charge in [-0.15, -0.1) is 0 Å². The minimum absolute atomic E-state index is 0.0224. The molecule has 0 saturated carbocycles. The molecule has 2 aromatic rings. The summed E-state index contributed by atoms with van der Waals surface area (Å²) in [4.78, 5) is 15.9. The lowest BCUT2D eigenvalue weighted by Gasteiger charge is -2.35. The number of pyridine rings is 1. The molecule has 2 aromatic heterocycles. The van der Waals surface area contributed by atoms with Crippen molar-refractivity contribution in [1.82, 2.24) is 19.5 Å². The van der Waals surface area contributed by atoms with E-state index >= 15 is 0 Å². The Morgan fingerprint density at radius 2 is 2.30 bits per heavy atom. The normalized spacial score (nSPS) is 24.5. The van der Waals surface area contributed by atoms with Crippen LogP contribution in [0.25, 0.3) is 5.52 Å². The molecule has 2 fully saturated rings. The number of amides is 2. The van der Waals surface area contributed by atoms with Crippen LogP contribution in [0.15, 0.2) is 30.6 Å². The summed E-state index contributed by atoms with van der Waals surface area (Å²) in [6.07, 6.45) is 4.98. The Morgan fingerprint density at radius 3 is 3.13 bits per heavy atom. The molecule has 23 heavy (non-hydrogen) atoms. The second-order valence-electron chi connectivity index (χ2n) is 6.39. The molecule has 2 saturated heterocycles. The number of nitriles is 1. The van der Waals surface area contributed by atoms with Crippen molar-refractivity contribution in [3.8, 4) is 6.07 Å². The van der Waals surface area contributed by atoms with Crippen molar-refractivity contribution in [1.29, 1.82) is 5.26 Å². The van der Waals surface area contributed by atoms with E-state index < -0.39 is 0 Å². The van der Waals surface area contributed by atoms with E-state index in [2.05, 4.69) is 16.3 Å². The predicted molar refractivity (Wildman–Crippen MR) is 85.9 cm³/mol. The number of nitrogens with one attached hydrogen (secondary N) is 1. The van der Waals surface area contributed by atoms with Crippen molar-refractivity contribution < 1.29 is 4.79 Å². The highest BCUT2D eigenvalue weighted by Gasteiger charge is 2.40. The van der Waals surface area contributed by atoms with E-state index in [1.807, 2.05) is 46.9 Å². The molecule has 2 amide bonds. The number of fused-ring (bicyclic) bond motifs is 2. The standard InChI is InChI=1S/C17H19N5O/c1-20-16-5-7-21(11-14(16)19-17(20)23)9-12-10-22-6-3-2-4-15(22)13(12)8-18/h2-4,6,10,14,16H,5,7,9,11H2,1H3,(H,19,23)/t14-,16+/m1/s1. The molecule has 4 heterocycles. The van der Waals surface area contributed by atoms with Gasteiger partial charge >= 0.3 is 6.03 Å². The number of carbonyl (C=O) groups is 1. The van der Waals surface area contributed by atoms with Crippen molar-refractivity contribution in [3.05, 3.63) is 41.7 Å². The molecule has 2 aliphatic heterocycles. The van der Waals surface area contributed by atoms with Crippen LogP contribution in [0.1, 0.15) is 17.5 Å². The van der Waals surface area contributed by atoms with Crippen molar-refractivity contribution in [2.24, 2.45) is 0 Å². The third-order valence-electron chi connectivity index (χ3n) is 5.06. The predicted octanol–water partition coefficient (Wildman–Crippen LogP) is 1.41. The van der Waals surface area contributed by atoms with E-state index in [4.69, 9.17) is 0 Å². The lowest BCUT2D eigenvalue weighted by Crippen LogP contribution is -2.50. The third kappa shape index (κ3) is 2.25. The second kappa shape index (κ2) is 5.28. The Balaban J connectivity index is 1.56. The lowest BCUT2D eigenvalue weighted by atomic mass is 9.99. The van der Waals surface area contributed by atoms with Gasteiger partial charge in [-0.1, -0.05) is 6.07 Å². The summed E-state index contributed by atoms with van der Waals surface area (Å²) in [5.41, 5.74) is 2.75. The molecule has 4 rings (SSSR count). The first-order valence-corrected chi connectivity index (χ1v) is 7.91. The smallest absolute Gasteiger partial charge is 0.317 e. The summed E-state index contributed by atoms with van der Waals surface area (Å²) in [6.45, 7) is 2.52. The van der Waals surface area contributed by atoms with Gasteiger partial charge in [0.05, 0.1) is 23.2 Å². The average Bonchev–Trinajstić information content (AvgIpc) is 3.04. The first kappa shape index (κ1) is 14.1. The quantitative estimate of drug-likeness (QED) is 0.912. The molecule has 6 nitrogen and oxygen atoms in total. The Hall–Kier alpha value is -2.52. The van der Waals surface area contributed by atoms with Gasteiger partial charge in [-0.3, -0.25) is 4.90 Å². The Bertz CT molecular complexity index is 805. The van der Waals surface area contributed by atoms with Crippen LogP contribution in [-0.4, -0.2) is 52.5 Å². The summed E-state index contributed by atoms with van der Waals surface area (Å²) >= 11 is 0. The second-order valence-corrected chi connectivity index (χ2v) is 6.39. The maximum absolute atomic E-state index is 11.8. The fourth-order valence-electron chi connectivity index (χ4n) is 3.83. The summed E-state index contributed by atoms with van der Waals surface area (Å²) in [7, 11) is 1.87. The van der Waals surface area contributed by atoms with Crippen molar-refractivity contribution >= 4 is 11.5 Å². The van der Waals surface area contributed by atoms with Gasteiger partial charge in [-0.05, 0) is 18.6 Å². The molecule has 0 aliphatic carbocycles. The highest BCUT2D eigenvalue weighted by atomic mass is 16.2. The summed E-state index contributed by atoms with van der Waals surface area (Å²) in [6, 6.07) is 8.74. The lowest BCUT2D eigenvalue weighted by molar-refractivity contribution is 0.147. The number of urea groups is 1. The maximum Gasteiger partial charge on any atom is 0.317 e. The van der Waals surface area contributed by atoms with Crippen LogP contribution >= 0.6 is 0 Å². The molecular weight excluding hydrogens is 290 g/mol. The number of hydrogen-bond acceptors (Lipinski definition) is 3. The van der Waals surface area contributed by atoms with E-state index in [9.17, 15) is 10.1 Å². The zero-order valence-corrected chi connectivity index (χ0v) is 13.1. The van der Waals surface area contributed by atoms with Crippen molar-refractivity contribution in [3.63, 3.8) is 0 Å². The minimum atomic E-state index is 0.0224. The first-order chi connectivity index (χ1) is 11.2. The van der Waals surface area contributed by atoms with Gasteiger partial charge in [0, 0.05) is 44.6 Å². The number of rotatable bonds is 2. The fourth-order valence-corrected chi connectivity index (χ4v) is 3.83. The largest absolute Gasteiger partial charge is 0.332 e. The summed E-state index contributed by atoms with van der Waals surface area (Å²) in [5.74, 6) is 0. The van der Waals surface area contributed by atoms with Crippen LogP contribution < -0.4 is 5.32 Å². The molecule has 2 atom stereocenters. The SMILES string of the molecule is CN1C(=O)N[C@@H]2CN(Cc3cn4ccccc4c3C#N)CC[C@@H]21. The first-order valence-electron chi connectivity index (χ1n) is 7.91. The zero-order chi connectivity index (χ0) is 16.0. The summed E-state index contributed by atoms with van der Waals surface area (Å²) < 4.78 is 2.01. The van der Waals surface area contributed by atoms with Gasteiger partial charge in [0.15, 0.2) is 0 Å². The van der Waals surface area contributed by atoms with Crippen molar-refractivity contribution in [2.45, 2.75) is 25.0 Å². The van der Waals surface area contributed by atoms with E-state index in [1.165, 1.54) is 0 Å². The van der Waals surface area contributed by atoms with E-state index in [1.54, 1.807) is 0 Å². The maximum atomic E-state index is 11.8. The molecule has 6 heteroatoms. The highest BCUT2D eigenvalue weighted by Crippen LogP contribution is 2.25. The van der Waals surface area contributed by atoms with Crippen LogP contribution in [0.3, 0.4) is 0 Å². The molecule has 2 aliphatic rings. The molecule has 0 unspecified atom stereocenters. The van der Waals surface area contributed by atoms with Crippen LogP contribution in [-0.2, 0) is 6.54 Å². The zero-order valence-electron chi connectivity index (χ0n) is 13.1. The number of likely N-dealkylation sites (N-methyl/N-ethyl adjacent to an activating group) is 1. The number of carbonyl (C=O) groups excluding carboxylic acids is 1. The van der Waals surface area contributed by atoms with Crippen LogP contribution in [0.5, 0.6) is 0 Å². The van der Waals surface area contributed by atoms with Gasteiger partial charge in [0.25, 0.3) is 0 Å².